The number of guanidine groups is 2. The molecule has 0 saturated heterocycles. The lowest BCUT2D eigenvalue weighted by Crippen LogP contribution is -2.52. The minimum Gasteiger partial charge on any atom is -0.507 e. The normalized spacial score (nSPS) is 12.3. The number of nitrogens with one attached hydrogen (secondary N) is 4. The third-order valence-corrected chi connectivity index (χ3v) is 13.2. The number of esters is 2. The van der Waals surface area contributed by atoms with Crippen LogP contribution in [0.3, 0.4) is 0 Å². The van der Waals surface area contributed by atoms with Crippen molar-refractivity contribution in [2.24, 2.45) is 44.4 Å². The van der Waals surface area contributed by atoms with Crippen molar-refractivity contribution in [3.8, 4) is 23.0 Å². The second-order valence-electron chi connectivity index (χ2n) is 20.5. The first-order chi connectivity index (χ1) is 40.1. The Labute approximate surface area is 490 Å². The lowest BCUT2D eigenvalue weighted by molar-refractivity contribution is -0.146. The number of allylic oxidation sites excluding steroid dienone is 4. The summed E-state index contributed by atoms with van der Waals surface area (Å²) in [5, 5.41) is 23.0. The summed E-state index contributed by atoms with van der Waals surface area (Å²) in [5.74, 6) is -3.40. The van der Waals surface area contributed by atoms with Crippen molar-refractivity contribution in [1.82, 2.24) is 21.3 Å². The molecule has 2 aromatic carbocycles. The van der Waals surface area contributed by atoms with Crippen LogP contribution in [0.1, 0.15) is 129 Å². The SMILES string of the molecule is COC(=O)[C@@H](CCCCN)NC(=O)[C@H](CCCN=C(N)N)NC(=O)CCCOc1cc2oc3cc(OCCCC(=O)N[C@H](CCCN=C(N)N)C(=O)N[C@H](CCCCN)C(=O)OC)c(CC=C(C)C)c(O)c3c(=O)c2c(CC=C(C)C)c1OC. The molecule has 4 atom stereocenters. The van der Waals surface area contributed by atoms with Gasteiger partial charge in [-0.1, -0.05) is 23.3 Å². The number of aromatic hydroxyl groups is 1. The molecule has 0 bridgehead atoms. The molecule has 0 radical (unpaired) electrons. The van der Waals surface area contributed by atoms with Gasteiger partial charge < -0.3 is 88.9 Å². The number of hydrogen-bond acceptors (Lipinski definition) is 18. The van der Waals surface area contributed by atoms with Crippen LogP contribution < -0.4 is 75.3 Å². The summed E-state index contributed by atoms with van der Waals surface area (Å²) < 4.78 is 34.7. The zero-order valence-electron chi connectivity index (χ0n) is 49.8. The monoisotopic (exact) mass is 1180 g/mol. The summed E-state index contributed by atoms with van der Waals surface area (Å²) >= 11 is 0. The van der Waals surface area contributed by atoms with Gasteiger partial charge in [0.15, 0.2) is 23.4 Å². The summed E-state index contributed by atoms with van der Waals surface area (Å²) in [6.45, 7) is 8.71. The lowest BCUT2D eigenvalue weighted by atomic mass is 9.98. The highest BCUT2D eigenvalue weighted by Crippen LogP contribution is 2.42. The number of rotatable bonds is 39. The average molecular weight is 1180 g/mol. The number of carbonyl (C=O) groups excluding carboxylic acids is 6. The number of unbranched alkanes of at least 4 members (excludes halogenated alkanes) is 2. The van der Waals surface area contributed by atoms with E-state index in [2.05, 4.69) is 31.3 Å². The van der Waals surface area contributed by atoms with E-state index in [4.69, 9.17) is 62.5 Å². The number of carbonyl (C=O) groups is 6. The minimum absolute atomic E-state index is 0.00660. The molecule has 0 fully saturated rings. The third kappa shape index (κ3) is 23.3. The predicted octanol–water partition coefficient (Wildman–Crippen LogP) is 2.65. The first-order valence-electron chi connectivity index (χ1n) is 28.3. The Morgan fingerprint density at radius 2 is 1.01 bits per heavy atom. The van der Waals surface area contributed by atoms with Gasteiger partial charge in [-0.3, -0.25) is 34.0 Å². The van der Waals surface area contributed by atoms with Crippen molar-refractivity contribution < 1.29 is 62.0 Å². The second-order valence-corrected chi connectivity index (χ2v) is 20.5. The maximum atomic E-state index is 14.8. The summed E-state index contributed by atoms with van der Waals surface area (Å²) in [6.07, 6.45) is 8.20. The van der Waals surface area contributed by atoms with Gasteiger partial charge in [-0.2, -0.15) is 0 Å². The number of ether oxygens (including phenoxy) is 5. The van der Waals surface area contributed by atoms with Crippen molar-refractivity contribution in [3.05, 3.63) is 56.8 Å². The standard InChI is InChI=1S/C58H90N12O14/c1-34(2)22-24-36-42(82-30-14-20-46(71)67-38(18-12-28-65-57(61)62)53(75)69-40(55(77)80-6)16-8-10-26-59)32-44-49(50(36)73)51(74)48-37(25-23-35(3)4)52(79-5)45(33-43(48)84-44)83-31-15-21-47(72)68-39(19-13-29-66-58(63)64)54(76)70-41(56(78)81-7)17-9-11-27-60/h22-23,32-33,38-41,73H,8-21,24-31,59-60H2,1-7H3,(H,67,71)(H,68,72)(H,69,75)(H,70,76)(H4,61,62,65)(H4,63,64,66)/t38-,39+,40-,41-/m1/s1. The van der Waals surface area contributed by atoms with Crippen LogP contribution in [0, 0.1) is 0 Å². The second kappa shape index (κ2) is 37.1. The minimum atomic E-state index is -1.05. The number of phenolic OH excluding ortho intramolecular Hbond substituents is 1. The molecule has 0 spiro atoms. The van der Waals surface area contributed by atoms with Crippen LogP contribution in [0.5, 0.6) is 23.0 Å². The van der Waals surface area contributed by atoms with E-state index in [-0.39, 0.29) is 147 Å². The molecule has 0 aliphatic rings. The molecule has 26 nitrogen and oxygen atoms in total. The number of aliphatic imine (C=N–C) groups is 2. The Morgan fingerprint density at radius 1 is 0.583 bits per heavy atom. The average Bonchev–Trinajstić information content (AvgIpc) is 1.43. The van der Waals surface area contributed by atoms with Crippen LogP contribution in [0.25, 0.3) is 21.9 Å². The van der Waals surface area contributed by atoms with Gasteiger partial charge in [-0.25, -0.2) is 9.59 Å². The van der Waals surface area contributed by atoms with Gasteiger partial charge in [0, 0.05) is 49.2 Å². The van der Waals surface area contributed by atoms with Crippen molar-refractivity contribution in [1.29, 1.82) is 0 Å². The van der Waals surface area contributed by atoms with Crippen LogP contribution in [-0.4, -0.2) is 137 Å². The molecular formula is C58H90N12O14. The molecule has 0 unspecified atom stereocenters. The summed E-state index contributed by atoms with van der Waals surface area (Å²) in [4.78, 5) is 102. The van der Waals surface area contributed by atoms with E-state index >= 15 is 0 Å². The molecule has 26 heteroatoms. The molecule has 1 aromatic heterocycles. The number of nitrogens with two attached hydrogens (primary N) is 6. The van der Waals surface area contributed by atoms with Gasteiger partial charge in [-0.05, 0) is 131 Å². The van der Waals surface area contributed by atoms with E-state index in [1.165, 1.54) is 33.5 Å². The van der Waals surface area contributed by atoms with Crippen molar-refractivity contribution in [2.45, 2.75) is 155 Å². The van der Waals surface area contributed by atoms with Gasteiger partial charge in [-0.15, -0.1) is 0 Å². The Balaban J connectivity index is 1.95. The Bertz CT molecular complexity index is 2870. The maximum Gasteiger partial charge on any atom is 0.328 e. The van der Waals surface area contributed by atoms with E-state index in [0.717, 1.165) is 11.1 Å². The molecule has 3 rings (SSSR count). The highest BCUT2D eigenvalue weighted by molar-refractivity contribution is 5.98. The zero-order valence-corrected chi connectivity index (χ0v) is 49.8. The van der Waals surface area contributed by atoms with Crippen LogP contribution in [0.15, 0.2) is 54.6 Å². The zero-order chi connectivity index (χ0) is 62.3. The predicted molar refractivity (Wildman–Crippen MR) is 321 cm³/mol. The molecule has 0 aliphatic heterocycles. The van der Waals surface area contributed by atoms with E-state index in [0.29, 0.717) is 62.7 Å². The van der Waals surface area contributed by atoms with Crippen LogP contribution in [0.4, 0.5) is 0 Å². The number of fused-ring (bicyclic) bond motifs is 2. The number of nitrogens with zero attached hydrogens (tertiary/aromatic N) is 2. The highest BCUT2D eigenvalue weighted by atomic mass is 16.5. The maximum absolute atomic E-state index is 14.8. The van der Waals surface area contributed by atoms with Gasteiger partial charge in [0.1, 0.15) is 52.2 Å². The molecule has 0 aliphatic carbocycles. The topological polar surface area (TPSA) is 428 Å². The molecular weight excluding hydrogens is 1090 g/mol. The number of phenols is 1. The van der Waals surface area contributed by atoms with Crippen LogP contribution in [-0.2, 0) is 51.1 Å². The molecule has 4 amide bonds. The van der Waals surface area contributed by atoms with Gasteiger partial charge in [0.2, 0.25) is 29.1 Å². The van der Waals surface area contributed by atoms with E-state index < -0.39 is 65.2 Å². The molecule has 1 heterocycles. The lowest BCUT2D eigenvalue weighted by Gasteiger charge is -2.22. The number of benzene rings is 2. The van der Waals surface area contributed by atoms with E-state index in [9.17, 15) is 38.7 Å². The van der Waals surface area contributed by atoms with Gasteiger partial charge >= 0.3 is 11.9 Å². The smallest absolute Gasteiger partial charge is 0.328 e. The number of hydrogen-bond donors (Lipinski definition) is 11. The Morgan fingerprint density at radius 3 is 1.44 bits per heavy atom. The summed E-state index contributed by atoms with van der Waals surface area (Å²) in [6, 6.07) is -0.993. The molecule has 17 N–H and O–H groups in total. The molecule has 84 heavy (non-hydrogen) atoms. The van der Waals surface area contributed by atoms with Gasteiger partial charge in [0.05, 0.1) is 39.9 Å². The first-order valence-corrected chi connectivity index (χ1v) is 28.3. The van der Waals surface area contributed by atoms with Crippen LogP contribution >= 0.6 is 0 Å². The highest BCUT2D eigenvalue weighted by Gasteiger charge is 2.30. The quantitative estimate of drug-likeness (QED) is 0.00976. The molecule has 3 aromatic rings. The number of amides is 4. The fraction of sp³-hybridized carbons (Fsp3) is 0.569. The van der Waals surface area contributed by atoms with Crippen molar-refractivity contribution in [3.63, 3.8) is 0 Å². The fourth-order valence-corrected chi connectivity index (χ4v) is 8.89. The van der Waals surface area contributed by atoms with E-state index in [1.54, 1.807) is 0 Å². The Kier molecular flexibility index (Phi) is 31.0. The third-order valence-electron chi connectivity index (χ3n) is 13.2. The fourth-order valence-electron chi connectivity index (χ4n) is 8.89. The van der Waals surface area contributed by atoms with Crippen molar-refractivity contribution >= 4 is 69.4 Å². The number of methoxy groups -OCH3 is 3. The molecule has 0 saturated carbocycles. The van der Waals surface area contributed by atoms with Gasteiger partial charge in [0.25, 0.3) is 0 Å². The summed E-state index contributed by atoms with van der Waals surface area (Å²) in [5.41, 5.74) is 35.3. The Hall–Kier alpha value is -8.13. The van der Waals surface area contributed by atoms with Crippen molar-refractivity contribution in [2.75, 3.05) is 60.7 Å². The largest absolute Gasteiger partial charge is 0.507 e. The van der Waals surface area contributed by atoms with E-state index in [1.807, 2.05) is 39.8 Å². The summed E-state index contributed by atoms with van der Waals surface area (Å²) in [7, 11) is 3.87. The molecule has 466 valence electrons. The van der Waals surface area contributed by atoms with Crippen LogP contribution in [0.2, 0.25) is 0 Å². The first kappa shape index (κ1) is 70.1.